The lowest BCUT2D eigenvalue weighted by atomic mass is 10.0. The first-order valence-corrected chi connectivity index (χ1v) is 10.6. The van der Waals surface area contributed by atoms with Gasteiger partial charge in [0.05, 0.1) is 17.8 Å². The predicted molar refractivity (Wildman–Crippen MR) is 113 cm³/mol. The lowest BCUT2D eigenvalue weighted by Crippen LogP contribution is -2.46. The maximum Gasteiger partial charge on any atom is 0.263 e. The Morgan fingerprint density at radius 3 is 2.53 bits per heavy atom. The van der Waals surface area contributed by atoms with Crippen LogP contribution < -0.4 is 10.5 Å². The molecule has 30 heavy (non-hydrogen) atoms. The molecule has 3 aromatic rings. The van der Waals surface area contributed by atoms with Crippen LogP contribution >= 0.6 is 0 Å². The molecule has 1 aromatic carbocycles. The summed E-state index contributed by atoms with van der Waals surface area (Å²) in [6, 6.07) is 4.88. The minimum atomic E-state index is -0.179. The predicted octanol–water partition coefficient (Wildman–Crippen LogP) is 2.02. The number of aromatic nitrogens is 4. The van der Waals surface area contributed by atoms with Crippen molar-refractivity contribution in [2.24, 2.45) is 0 Å². The van der Waals surface area contributed by atoms with Crippen LogP contribution in [0.1, 0.15) is 41.9 Å². The number of H-pyrrole nitrogens is 1. The average Bonchev–Trinajstić information content (AvgIpc) is 3.17. The molecular weight excluding hydrogens is 380 g/mol. The van der Waals surface area contributed by atoms with Crippen LogP contribution in [-0.2, 0) is 4.79 Å². The number of rotatable bonds is 4. The van der Waals surface area contributed by atoms with Gasteiger partial charge in [0.15, 0.2) is 5.65 Å². The van der Waals surface area contributed by atoms with Crippen LogP contribution in [0.5, 0.6) is 0 Å². The minimum absolute atomic E-state index is 0.179. The molecule has 154 valence electrons. The smallest absolute Gasteiger partial charge is 0.263 e. The van der Waals surface area contributed by atoms with Gasteiger partial charge in [-0.05, 0) is 55.7 Å². The van der Waals surface area contributed by atoms with E-state index in [0.717, 1.165) is 29.6 Å². The Bertz CT molecular complexity index is 1220. The van der Waals surface area contributed by atoms with E-state index in [1.807, 2.05) is 4.90 Å². The van der Waals surface area contributed by atoms with Crippen molar-refractivity contribution in [2.45, 2.75) is 51.1 Å². The SMILES string of the molecule is Cc1cc(C2CC2)cc(C)c1-n1cc2c(=O)[nH]c(N3CC4CC3CN4C=O)nc2n1. The van der Waals surface area contributed by atoms with E-state index in [9.17, 15) is 9.59 Å². The number of carbonyl (C=O) groups excluding carboxylic acids is 1. The Balaban J connectivity index is 1.39. The monoisotopic (exact) mass is 404 g/mol. The second-order valence-corrected chi connectivity index (χ2v) is 8.98. The summed E-state index contributed by atoms with van der Waals surface area (Å²) in [7, 11) is 0. The number of nitrogens with one attached hydrogen (secondary N) is 1. The summed E-state index contributed by atoms with van der Waals surface area (Å²) in [4.78, 5) is 35.5. The van der Waals surface area contributed by atoms with Gasteiger partial charge in [0, 0.05) is 19.3 Å². The first-order valence-electron chi connectivity index (χ1n) is 10.6. The summed E-state index contributed by atoms with van der Waals surface area (Å²) in [5.41, 5.74) is 5.01. The number of nitrogens with zero attached hydrogens (tertiary/aromatic N) is 5. The quantitative estimate of drug-likeness (QED) is 0.673. The molecule has 1 amide bonds. The van der Waals surface area contributed by atoms with Gasteiger partial charge in [-0.2, -0.15) is 4.98 Å². The molecule has 2 aromatic heterocycles. The molecule has 2 unspecified atom stereocenters. The highest BCUT2D eigenvalue weighted by Gasteiger charge is 2.43. The Labute approximate surface area is 173 Å². The molecule has 1 saturated carbocycles. The van der Waals surface area contributed by atoms with Crippen LogP contribution in [-0.4, -0.2) is 56.2 Å². The number of fused-ring (bicyclic) bond motifs is 3. The summed E-state index contributed by atoms with van der Waals surface area (Å²) < 4.78 is 1.79. The second-order valence-electron chi connectivity index (χ2n) is 8.98. The highest BCUT2D eigenvalue weighted by atomic mass is 16.1. The molecule has 3 aliphatic rings. The number of hydrogen-bond acceptors (Lipinski definition) is 5. The molecule has 2 bridgehead atoms. The lowest BCUT2D eigenvalue weighted by Gasteiger charge is -2.32. The van der Waals surface area contributed by atoms with E-state index in [0.29, 0.717) is 36.0 Å². The number of aromatic amines is 1. The van der Waals surface area contributed by atoms with Crippen molar-refractivity contribution in [3.8, 4) is 5.69 Å². The molecule has 2 saturated heterocycles. The van der Waals surface area contributed by atoms with Gasteiger partial charge in [-0.25, -0.2) is 4.68 Å². The van der Waals surface area contributed by atoms with E-state index in [1.165, 1.54) is 18.4 Å². The lowest BCUT2D eigenvalue weighted by molar-refractivity contribution is -0.119. The van der Waals surface area contributed by atoms with Crippen LogP contribution in [0.15, 0.2) is 23.1 Å². The highest BCUT2D eigenvalue weighted by molar-refractivity contribution is 5.75. The normalized spacial score (nSPS) is 23.0. The molecule has 2 atom stereocenters. The molecule has 3 fully saturated rings. The van der Waals surface area contributed by atoms with Crippen molar-refractivity contribution < 1.29 is 4.79 Å². The van der Waals surface area contributed by atoms with Gasteiger partial charge in [0.1, 0.15) is 5.39 Å². The molecule has 1 N–H and O–H groups in total. The Kier molecular flexibility index (Phi) is 3.63. The molecule has 1 aliphatic carbocycles. The molecule has 0 spiro atoms. The summed E-state index contributed by atoms with van der Waals surface area (Å²) >= 11 is 0. The standard InChI is InChI=1S/C22H24N6O2/c1-12-5-15(14-3-4-14)6-13(2)19(12)28-10-18-20(25-28)23-22(24-21(18)30)27-9-16-7-17(27)8-26(16)11-29/h5-6,10-11,14,16-17H,3-4,7-9H2,1-2H3,(H,23,24,25,30). The van der Waals surface area contributed by atoms with E-state index in [4.69, 9.17) is 0 Å². The van der Waals surface area contributed by atoms with Crippen molar-refractivity contribution in [3.63, 3.8) is 0 Å². The third kappa shape index (κ3) is 2.59. The van der Waals surface area contributed by atoms with Crippen molar-refractivity contribution in [1.82, 2.24) is 24.6 Å². The van der Waals surface area contributed by atoms with Crippen LogP contribution in [0.3, 0.4) is 0 Å². The first kappa shape index (κ1) is 17.7. The third-order valence-corrected chi connectivity index (χ3v) is 6.86. The number of amides is 1. The molecule has 2 aliphatic heterocycles. The number of piperazine rings is 1. The molecule has 0 radical (unpaired) electrons. The summed E-state index contributed by atoms with van der Waals surface area (Å²) in [6.07, 6.45) is 6.16. The van der Waals surface area contributed by atoms with Crippen molar-refractivity contribution >= 4 is 23.4 Å². The highest BCUT2D eigenvalue weighted by Crippen LogP contribution is 2.41. The van der Waals surface area contributed by atoms with Crippen molar-refractivity contribution in [2.75, 3.05) is 18.0 Å². The van der Waals surface area contributed by atoms with Crippen LogP contribution in [0.25, 0.3) is 16.7 Å². The van der Waals surface area contributed by atoms with Gasteiger partial charge in [0.25, 0.3) is 5.56 Å². The number of hydrogen-bond donors (Lipinski definition) is 1. The summed E-state index contributed by atoms with van der Waals surface area (Å²) in [5, 5.41) is 5.16. The molecule has 8 nitrogen and oxygen atoms in total. The fraction of sp³-hybridized carbons (Fsp3) is 0.455. The van der Waals surface area contributed by atoms with Gasteiger partial charge in [-0.1, -0.05) is 12.1 Å². The fourth-order valence-electron chi connectivity index (χ4n) is 5.24. The second kappa shape index (κ2) is 6.17. The van der Waals surface area contributed by atoms with Gasteiger partial charge >= 0.3 is 0 Å². The van der Waals surface area contributed by atoms with Gasteiger partial charge in [0.2, 0.25) is 12.4 Å². The first-order chi connectivity index (χ1) is 14.5. The topological polar surface area (TPSA) is 87.1 Å². The van der Waals surface area contributed by atoms with Gasteiger partial charge in [-0.3, -0.25) is 14.6 Å². The van der Waals surface area contributed by atoms with Crippen molar-refractivity contribution in [3.05, 3.63) is 45.4 Å². The zero-order valence-corrected chi connectivity index (χ0v) is 17.1. The molecule has 6 rings (SSSR count). The molecular formula is C22H24N6O2. The third-order valence-electron chi connectivity index (χ3n) is 6.86. The van der Waals surface area contributed by atoms with E-state index in [1.54, 1.807) is 10.9 Å². The fourth-order valence-corrected chi connectivity index (χ4v) is 5.24. The van der Waals surface area contributed by atoms with E-state index in [2.05, 4.69) is 45.9 Å². The Hall–Kier alpha value is -3.16. The van der Waals surface area contributed by atoms with E-state index >= 15 is 0 Å². The zero-order valence-electron chi connectivity index (χ0n) is 17.1. The summed E-state index contributed by atoms with van der Waals surface area (Å²) in [5.74, 6) is 1.25. The van der Waals surface area contributed by atoms with Crippen LogP contribution in [0.4, 0.5) is 5.95 Å². The van der Waals surface area contributed by atoms with Crippen LogP contribution in [0, 0.1) is 13.8 Å². The number of carbonyl (C=O) groups is 1. The minimum Gasteiger partial charge on any atom is -0.338 e. The van der Waals surface area contributed by atoms with Crippen molar-refractivity contribution in [1.29, 1.82) is 0 Å². The molecule has 4 heterocycles. The number of aryl methyl sites for hydroxylation is 2. The zero-order chi connectivity index (χ0) is 20.6. The average molecular weight is 404 g/mol. The Morgan fingerprint density at radius 2 is 1.90 bits per heavy atom. The Morgan fingerprint density at radius 1 is 1.13 bits per heavy atom. The molecule has 8 heteroatoms. The van der Waals surface area contributed by atoms with E-state index in [-0.39, 0.29) is 17.6 Å². The largest absolute Gasteiger partial charge is 0.338 e. The van der Waals surface area contributed by atoms with Gasteiger partial charge in [-0.15, -0.1) is 5.10 Å². The maximum absolute atomic E-state index is 12.8. The number of anilines is 1. The maximum atomic E-state index is 12.8. The van der Waals surface area contributed by atoms with Gasteiger partial charge < -0.3 is 9.80 Å². The van der Waals surface area contributed by atoms with Crippen LogP contribution in [0.2, 0.25) is 0 Å². The summed E-state index contributed by atoms with van der Waals surface area (Å²) in [6.45, 7) is 5.57. The van der Waals surface area contributed by atoms with E-state index < -0.39 is 0 Å². The number of likely N-dealkylation sites (tertiary alicyclic amines) is 1. The number of benzene rings is 1.